The molecule has 1 fully saturated rings. The van der Waals surface area contributed by atoms with Crippen LogP contribution in [0.3, 0.4) is 0 Å². The normalized spacial score (nSPS) is 19.7. The number of hydrogen-bond acceptors (Lipinski definition) is 8. The number of hydrogen-bond donors (Lipinski definition) is 5. The molecule has 2 aromatic carbocycles. The Labute approximate surface area is 216 Å². The molecule has 6 N–H and O–H groups in total. The molecule has 0 aliphatic carbocycles. The van der Waals surface area contributed by atoms with E-state index in [4.69, 9.17) is 15.5 Å². The van der Waals surface area contributed by atoms with Gasteiger partial charge in [-0.15, -0.1) is 0 Å². The minimum absolute atomic E-state index is 0.215. The molecule has 3 heterocycles. The SMILES string of the molecule is CC(C)COC(=O)c1ccccc1NC1=NC(N)(c2ccc(N3CCC(O)CC3)cc2)Nc2cc[nH]c21. The summed E-state index contributed by atoms with van der Waals surface area (Å²) in [5.74, 6) is -0.858. The van der Waals surface area contributed by atoms with Gasteiger partial charge in [-0.2, -0.15) is 0 Å². The fraction of sp³-hybridized carbons (Fsp3) is 0.357. The largest absolute Gasteiger partial charge is 0.462 e. The maximum atomic E-state index is 12.8. The van der Waals surface area contributed by atoms with Crippen molar-refractivity contribution >= 4 is 28.9 Å². The van der Waals surface area contributed by atoms with Crippen LogP contribution in [0.2, 0.25) is 0 Å². The van der Waals surface area contributed by atoms with Crippen LogP contribution in [-0.2, 0) is 10.5 Å². The topological polar surface area (TPSA) is 128 Å². The molecule has 5 rings (SSSR count). The van der Waals surface area contributed by atoms with Crippen molar-refractivity contribution in [3.63, 3.8) is 0 Å². The summed E-state index contributed by atoms with van der Waals surface area (Å²) in [7, 11) is 0. The molecule has 3 aromatic rings. The number of para-hydroxylation sites is 1. The number of amidine groups is 1. The number of ether oxygens (including phenoxy) is 1. The van der Waals surface area contributed by atoms with E-state index in [2.05, 4.69) is 20.5 Å². The maximum absolute atomic E-state index is 12.8. The zero-order chi connectivity index (χ0) is 26.0. The first-order chi connectivity index (χ1) is 17.8. The van der Waals surface area contributed by atoms with Crippen LogP contribution in [0, 0.1) is 5.92 Å². The van der Waals surface area contributed by atoms with Gasteiger partial charge in [-0.1, -0.05) is 38.1 Å². The highest BCUT2D eigenvalue weighted by Crippen LogP contribution is 2.33. The standard InChI is InChI=1S/C28H34N6O3/c1-18(2)17-37-27(36)22-5-3-4-6-23(22)31-26-25-24(11-14-30-25)32-28(29,33-26)19-7-9-20(10-8-19)34-15-12-21(35)13-16-34/h3-11,14,18,21,30,32,35H,12-13,15-17,29H2,1-2H3,(H,31,33). The van der Waals surface area contributed by atoms with Gasteiger partial charge >= 0.3 is 5.97 Å². The molecule has 0 amide bonds. The molecule has 0 spiro atoms. The first kappa shape index (κ1) is 24.9. The Morgan fingerprint density at radius 1 is 1.19 bits per heavy atom. The van der Waals surface area contributed by atoms with Gasteiger partial charge in [-0.05, 0) is 49.1 Å². The van der Waals surface area contributed by atoms with Crippen molar-refractivity contribution in [3.8, 4) is 0 Å². The number of H-pyrrole nitrogens is 1. The monoisotopic (exact) mass is 502 g/mol. The van der Waals surface area contributed by atoms with Crippen LogP contribution in [-0.4, -0.2) is 47.7 Å². The summed E-state index contributed by atoms with van der Waals surface area (Å²) in [6, 6.07) is 17.2. The summed E-state index contributed by atoms with van der Waals surface area (Å²) < 4.78 is 5.47. The summed E-state index contributed by atoms with van der Waals surface area (Å²) in [5, 5.41) is 16.5. The van der Waals surface area contributed by atoms with E-state index in [0.29, 0.717) is 23.7 Å². The van der Waals surface area contributed by atoms with E-state index in [1.54, 1.807) is 12.1 Å². The first-order valence-electron chi connectivity index (χ1n) is 12.7. The van der Waals surface area contributed by atoms with E-state index in [-0.39, 0.29) is 12.0 Å². The number of nitrogens with two attached hydrogens (primary N) is 1. The van der Waals surface area contributed by atoms with Crippen molar-refractivity contribution in [1.29, 1.82) is 0 Å². The molecule has 0 bridgehead atoms. The summed E-state index contributed by atoms with van der Waals surface area (Å²) in [4.78, 5) is 23.1. The molecule has 1 unspecified atom stereocenters. The van der Waals surface area contributed by atoms with Crippen molar-refractivity contribution in [2.75, 3.05) is 35.2 Å². The number of aromatic nitrogens is 1. The minimum Gasteiger partial charge on any atom is -0.462 e. The molecule has 9 heteroatoms. The number of aliphatic hydroxyl groups excluding tert-OH is 1. The molecule has 37 heavy (non-hydrogen) atoms. The van der Waals surface area contributed by atoms with E-state index >= 15 is 0 Å². The quantitative estimate of drug-likeness (QED) is 0.324. The van der Waals surface area contributed by atoms with Crippen LogP contribution < -0.4 is 21.3 Å². The predicted molar refractivity (Wildman–Crippen MR) is 146 cm³/mol. The van der Waals surface area contributed by atoms with Crippen LogP contribution in [0.15, 0.2) is 65.8 Å². The molecule has 1 atom stereocenters. The Bertz CT molecular complexity index is 1280. The van der Waals surface area contributed by atoms with Gasteiger partial charge in [0.1, 0.15) is 5.69 Å². The molecule has 9 nitrogen and oxygen atoms in total. The van der Waals surface area contributed by atoms with E-state index in [0.717, 1.165) is 48.6 Å². The Kier molecular flexibility index (Phi) is 6.90. The summed E-state index contributed by atoms with van der Waals surface area (Å²) in [5.41, 5.74) is 11.3. The van der Waals surface area contributed by atoms with E-state index in [1.807, 2.05) is 62.5 Å². The molecule has 1 aromatic heterocycles. The van der Waals surface area contributed by atoms with Crippen molar-refractivity contribution in [2.24, 2.45) is 16.6 Å². The third-order valence-electron chi connectivity index (χ3n) is 6.68. The second-order valence-electron chi connectivity index (χ2n) is 10.0. The molecule has 194 valence electrons. The van der Waals surface area contributed by atoms with Crippen molar-refractivity contribution in [3.05, 3.63) is 77.6 Å². The number of fused-ring (bicyclic) bond motifs is 1. The number of rotatable bonds is 6. The number of benzene rings is 2. The molecular weight excluding hydrogens is 468 g/mol. The number of carbonyl (C=O) groups is 1. The second kappa shape index (κ2) is 10.3. The minimum atomic E-state index is -1.22. The summed E-state index contributed by atoms with van der Waals surface area (Å²) >= 11 is 0. The third kappa shape index (κ3) is 5.33. The maximum Gasteiger partial charge on any atom is 0.340 e. The summed E-state index contributed by atoms with van der Waals surface area (Å²) in [6.07, 6.45) is 3.14. The lowest BCUT2D eigenvalue weighted by Crippen LogP contribution is -2.47. The number of piperidine rings is 1. The lowest BCUT2D eigenvalue weighted by atomic mass is 10.0. The Morgan fingerprint density at radius 2 is 1.92 bits per heavy atom. The number of nitrogens with zero attached hydrogens (tertiary/aromatic N) is 2. The van der Waals surface area contributed by atoms with Crippen LogP contribution in [0.5, 0.6) is 0 Å². The smallest absolute Gasteiger partial charge is 0.340 e. The lowest BCUT2D eigenvalue weighted by Gasteiger charge is -2.34. The van der Waals surface area contributed by atoms with Gasteiger partial charge in [0, 0.05) is 30.5 Å². The number of aliphatic hydroxyl groups is 1. The fourth-order valence-electron chi connectivity index (χ4n) is 4.63. The number of anilines is 3. The van der Waals surface area contributed by atoms with Crippen molar-refractivity contribution in [1.82, 2.24) is 4.98 Å². The highest BCUT2D eigenvalue weighted by Gasteiger charge is 2.34. The van der Waals surface area contributed by atoms with E-state index in [1.165, 1.54) is 0 Å². The third-order valence-corrected chi connectivity index (χ3v) is 6.68. The molecule has 0 saturated carbocycles. The summed E-state index contributed by atoms with van der Waals surface area (Å²) in [6.45, 7) is 5.99. The number of esters is 1. The van der Waals surface area contributed by atoms with Crippen molar-refractivity contribution < 1.29 is 14.6 Å². The Hall–Kier alpha value is -3.82. The molecule has 0 radical (unpaired) electrons. The zero-order valence-corrected chi connectivity index (χ0v) is 21.2. The molecule has 1 saturated heterocycles. The average molecular weight is 503 g/mol. The van der Waals surface area contributed by atoms with E-state index in [9.17, 15) is 9.90 Å². The zero-order valence-electron chi connectivity index (χ0n) is 21.2. The van der Waals surface area contributed by atoms with Gasteiger partial charge in [0.25, 0.3) is 0 Å². The van der Waals surface area contributed by atoms with Crippen LogP contribution in [0.4, 0.5) is 17.1 Å². The van der Waals surface area contributed by atoms with Gasteiger partial charge in [-0.3, -0.25) is 5.73 Å². The number of aliphatic imine (C=N–C) groups is 1. The van der Waals surface area contributed by atoms with Gasteiger partial charge in [0.15, 0.2) is 5.84 Å². The Balaban J connectivity index is 1.42. The van der Waals surface area contributed by atoms with E-state index < -0.39 is 11.8 Å². The van der Waals surface area contributed by atoms with Crippen LogP contribution in [0.25, 0.3) is 0 Å². The number of carbonyl (C=O) groups excluding carboxylic acids is 1. The number of aromatic amines is 1. The average Bonchev–Trinajstić information content (AvgIpc) is 3.36. The Morgan fingerprint density at radius 3 is 2.65 bits per heavy atom. The molecule has 2 aliphatic rings. The second-order valence-corrected chi connectivity index (χ2v) is 10.0. The predicted octanol–water partition coefficient (Wildman–Crippen LogP) is 3.84. The molecule has 2 aliphatic heterocycles. The van der Waals surface area contributed by atoms with Crippen LogP contribution >= 0.6 is 0 Å². The van der Waals surface area contributed by atoms with Gasteiger partial charge in [-0.25, -0.2) is 9.79 Å². The van der Waals surface area contributed by atoms with Gasteiger partial charge in [0.05, 0.1) is 29.6 Å². The highest BCUT2D eigenvalue weighted by molar-refractivity contribution is 6.13. The fourth-order valence-corrected chi connectivity index (χ4v) is 4.63. The van der Waals surface area contributed by atoms with Gasteiger partial charge < -0.3 is 30.4 Å². The lowest BCUT2D eigenvalue weighted by molar-refractivity contribution is 0.0460. The van der Waals surface area contributed by atoms with Crippen molar-refractivity contribution in [2.45, 2.75) is 38.6 Å². The number of nitrogens with one attached hydrogen (secondary N) is 3. The van der Waals surface area contributed by atoms with Gasteiger partial charge in [0.2, 0.25) is 5.79 Å². The highest BCUT2D eigenvalue weighted by atomic mass is 16.5. The first-order valence-corrected chi connectivity index (χ1v) is 12.7. The van der Waals surface area contributed by atoms with Crippen LogP contribution in [0.1, 0.15) is 48.3 Å². The molecular formula is C28H34N6O3.